The topological polar surface area (TPSA) is 32.8 Å². The molecule has 1 aliphatic heterocycles. The fraction of sp³-hybridized carbons (Fsp3) is 0.714. The van der Waals surface area contributed by atoms with Gasteiger partial charge in [-0.15, -0.1) is 0 Å². The van der Waals surface area contributed by atoms with E-state index in [1.807, 2.05) is 18.2 Å². The van der Waals surface area contributed by atoms with Crippen LogP contribution in [0.3, 0.4) is 0 Å². The van der Waals surface area contributed by atoms with E-state index >= 15 is 0 Å². The molecule has 0 bridgehead atoms. The van der Waals surface area contributed by atoms with Gasteiger partial charge < -0.3 is 9.84 Å². The number of aliphatic hydroxyl groups is 1. The predicted octanol–water partition coefficient (Wildman–Crippen LogP) is 3.03. The van der Waals surface area contributed by atoms with Crippen molar-refractivity contribution in [2.75, 3.05) is 0 Å². The highest BCUT2D eigenvalue weighted by Crippen LogP contribution is 2.64. The van der Waals surface area contributed by atoms with Gasteiger partial charge in [-0.3, -0.25) is 0 Å². The molecule has 2 rings (SSSR count). The molecule has 2 unspecified atom stereocenters. The molecule has 2 atom stereocenters. The van der Waals surface area contributed by atoms with Crippen LogP contribution in [0.15, 0.2) is 23.8 Å². The molecule has 1 aliphatic carbocycles. The Morgan fingerprint density at radius 2 is 1.69 bits per heavy atom. The van der Waals surface area contributed by atoms with Gasteiger partial charge in [0.25, 0.3) is 0 Å². The average molecular weight is 222 g/mol. The molecule has 0 spiro atoms. The molecule has 2 nitrogen and oxygen atoms in total. The summed E-state index contributed by atoms with van der Waals surface area (Å²) >= 11 is 0. The number of epoxide rings is 1. The first kappa shape index (κ1) is 11.9. The Bertz CT molecular complexity index is 379. The van der Waals surface area contributed by atoms with E-state index in [2.05, 4.69) is 41.5 Å². The van der Waals surface area contributed by atoms with Crippen LogP contribution in [0.4, 0.5) is 0 Å². The molecule has 0 aromatic carbocycles. The van der Waals surface area contributed by atoms with Gasteiger partial charge in [0.05, 0.1) is 0 Å². The maximum atomic E-state index is 10.7. The van der Waals surface area contributed by atoms with Gasteiger partial charge in [-0.25, -0.2) is 0 Å². The fourth-order valence-electron chi connectivity index (χ4n) is 2.67. The SMILES string of the molecule is CC(C)(C)C1=CC=CC2(C(C)(C)C)OC12O. The van der Waals surface area contributed by atoms with E-state index in [0.717, 1.165) is 5.57 Å². The number of hydrogen-bond donors (Lipinski definition) is 1. The van der Waals surface area contributed by atoms with Gasteiger partial charge in [0.15, 0.2) is 5.60 Å². The number of ether oxygens (including phenoxy) is 1. The zero-order valence-electron chi connectivity index (χ0n) is 11.1. The van der Waals surface area contributed by atoms with Crippen LogP contribution >= 0.6 is 0 Å². The third-order valence-electron chi connectivity index (χ3n) is 3.65. The van der Waals surface area contributed by atoms with Gasteiger partial charge in [0.1, 0.15) is 0 Å². The van der Waals surface area contributed by atoms with Crippen molar-refractivity contribution in [3.8, 4) is 0 Å². The lowest BCUT2D eigenvalue weighted by Crippen LogP contribution is -2.41. The van der Waals surface area contributed by atoms with Crippen LogP contribution in [0.25, 0.3) is 0 Å². The van der Waals surface area contributed by atoms with Gasteiger partial charge in [-0.2, -0.15) is 0 Å². The molecule has 1 N–H and O–H groups in total. The number of rotatable bonds is 0. The van der Waals surface area contributed by atoms with Crippen molar-refractivity contribution in [2.24, 2.45) is 10.8 Å². The predicted molar refractivity (Wildman–Crippen MR) is 64.9 cm³/mol. The fourth-order valence-corrected chi connectivity index (χ4v) is 2.67. The van der Waals surface area contributed by atoms with Gasteiger partial charge >= 0.3 is 0 Å². The summed E-state index contributed by atoms with van der Waals surface area (Å²) in [5.74, 6) is -1.10. The van der Waals surface area contributed by atoms with E-state index in [4.69, 9.17) is 4.74 Å². The maximum absolute atomic E-state index is 10.7. The Hall–Kier alpha value is -0.600. The highest BCUT2D eigenvalue weighted by atomic mass is 16.8. The smallest absolute Gasteiger partial charge is 0.224 e. The van der Waals surface area contributed by atoms with Crippen LogP contribution in [0.1, 0.15) is 41.5 Å². The van der Waals surface area contributed by atoms with Crippen LogP contribution in [0.2, 0.25) is 0 Å². The molecule has 16 heavy (non-hydrogen) atoms. The van der Waals surface area contributed by atoms with E-state index in [0.29, 0.717) is 0 Å². The summed E-state index contributed by atoms with van der Waals surface area (Å²) in [6, 6.07) is 0. The second-order valence-electron chi connectivity index (χ2n) is 6.92. The van der Waals surface area contributed by atoms with E-state index in [9.17, 15) is 5.11 Å². The summed E-state index contributed by atoms with van der Waals surface area (Å²) in [5.41, 5.74) is 0.241. The quantitative estimate of drug-likeness (QED) is 0.639. The number of hydrogen-bond acceptors (Lipinski definition) is 2. The molecule has 0 radical (unpaired) electrons. The summed E-state index contributed by atoms with van der Waals surface area (Å²) in [6.45, 7) is 12.6. The molecule has 90 valence electrons. The van der Waals surface area contributed by atoms with E-state index in [-0.39, 0.29) is 10.8 Å². The van der Waals surface area contributed by atoms with Crippen molar-refractivity contribution >= 4 is 0 Å². The second kappa shape index (κ2) is 2.80. The van der Waals surface area contributed by atoms with Gasteiger partial charge in [0, 0.05) is 5.41 Å². The molecule has 1 saturated heterocycles. The molecular weight excluding hydrogens is 200 g/mol. The van der Waals surface area contributed by atoms with E-state index < -0.39 is 11.4 Å². The minimum absolute atomic E-state index is 0.0769. The molecule has 0 amide bonds. The van der Waals surface area contributed by atoms with Crippen molar-refractivity contribution in [2.45, 2.75) is 52.9 Å². The average Bonchev–Trinajstić information content (AvgIpc) is 2.68. The van der Waals surface area contributed by atoms with Crippen molar-refractivity contribution < 1.29 is 9.84 Å². The Kier molecular flexibility index (Phi) is 2.08. The van der Waals surface area contributed by atoms with Crippen molar-refractivity contribution in [1.29, 1.82) is 0 Å². The Morgan fingerprint density at radius 3 is 2.12 bits per heavy atom. The van der Waals surface area contributed by atoms with Gasteiger partial charge in [0.2, 0.25) is 5.79 Å². The molecule has 2 aliphatic rings. The summed E-state index contributed by atoms with van der Waals surface area (Å²) in [6.07, 6.45) is 5.98. The Morgan fingerprint density at radius 1 is 1.12 bits per heavy atom. The van der Waals surface area contributed by atoms with E-state index in [1.165, 1.54) is 0 Å². The minimum atomic E-state index is -1.10. The first-order valence-corrected chi connectivity index (χ1v) is 5.88. The highest BCUT2D eigenvalue weighted by molar-refractivity contribution is 5.46. The number of allylic oxidation sites excluding steroid dienone is 2. The van der Waals surface area contributed by atoms with Crippen LogP contribution in [-0.2, 0) is 4.74 Å². The number of fused-ring (bicyclic) bond motifs is 1. The Labute approximate surface area is 98.0 Å². The lowest BCUT2D eigenvalue weighted by atomic mass is 9.68. The maximum Gasteiger partial charge on any atom is 0.224 e. The van der Waals surface area contributed by atoms with E-state index in [1.54, 1.807) is 0 Å². The van der Waals surface area contributed by atoms with Crippen molar-refractivity contribution in [1.82, 2.24) is 0 Å². The molecular formula is C14H22O2. The van der Waals surface area contributed by atoms with Crippen molar-refractivity contribution in [3.63, 3.8) is 0 Å². The first-order chi connectivity index (χ1) is 7.05. The molecule has 2 heteroatoms. The monoisotopic (exact) mass is 222 g/mol. The molecule has 1 fully saturated rings. The molecule has 0 saturated carbocycles. The summed E-state index contributed by atoms with van der Waals surface area (Å²) in [4.78, 5) is 0. The Balaban J connectivity index is 2.45. The van der Waals surface area contributed by atoms with Crippen LogP contribution in [0, 0.1) is 10.8 Å². The first-order valence-electron chi connectivity index (χ1n) is 5.88. The zero-order valence-corrected chi connectivity index (χ0v) is 11.1. The standard InChI is InChI=1S/C14H22O2/c1-11(2,3)10-8-7-9-13(12(4,5)6)14(10,15)16-13/h7-9,15H,1-6H3. The highest BCUT2D eigenvalue weighted by Gasteiger charge is 2.76. The van der Waals surface area contributed by atoms with Crippen molar-refractivity contribution in [3.05, 3.63) is 23.8 Å². The van der Waals surface area contributed by atoms with Gasteiger partial charge in [-0.1, -0.05) is 53.7 Å². The van der Waals surface area contributed by atoms with Crippen LogP contribution in [0.5, 0.6) is 0 Å². The van der Waals surface area contributed by atoms with Crippen LogP contribution < -0.4 is 0 Å². The minimum Gasteiger partial charge on any atom is -0.359 e. The normalized spacial score (nSPS) is 38.1. The summed E-state index contributed by atoms with van der Waals surface area (Å²) in [7, 11) is 0. The van der Waals surface area contributed by atoms with Crippen LogP contribution in [-0.4, -0.2) is 16.5 Å². The molecule has 1 heterocycles. The molecule has 0 aromatic rings. The largest absolute Gasteiger partial charge is 0.359 e. The summed E-state index contributed by atoms with van der Waals surface area (Å²) < 4.78 is 5.76. The summed E-state index contributed by atoms with van der Waals surface area (Å²) in [5, 5.41) is 10.7. The third-order valence-corrected chi connectivity index (χ3v) is 3.65. The van der Waals surface area contributed by atoms with Gasteiger partial charge in [-0.05, 0) is 17.1 Å². The zero-order chi connectivity index (χ0) is 12.4. The molecule has 0 aromatic heterocycles. The second-order valence-corrected chi connectivity index (χ2v) is 6.92. The third kappa shape index (κ3) is 1.26. The lowest BCUT2D eigenvalue weighted by Gasteiger charge is -2.33. The lowest BCUT2D eigenvalue weighted by molar-refractivity contribution is 0.0539.